The molecule has 0 amide bonds. The molecule has 0 aliphatic rings. The van der Waals surface area contributed by atoms with Crippen molar-refractivity contribution in [3.05, 3.63) is 53.5 Å². The molecule has 0 saturated heterocycles. The molecular formula is C14H9FN2O3. The number of carbonyl (C=O) groups excluding carboxylic acids is 1. The molecule has 0 unspecified atom stereocenters. The average molecular weight is 272 g/mol. The van der Waals surface area contributed by atoms with E-state index in [0.29, 0.717) is 0 Å². The van der Waals surface area contributed by atoms with Gasteiger partial charge in [0.15, 0.2) is 0 Å². The summed E-state index contributed by atoms with van der Waals surface area (Å²) >= 11 is 0. The van der Waals surface area contributed by atoms with Gasteiger partial charge in [-0.2, -0.15) is 5.26 Å². The van der Waals surface area contributed by atoms with Crippen molar-refractivity contribution in [2.24, 2.45) is 0 Å². The average Bonchev–Trinajstić information content (AvgIpc) is 2.41. The summed E-state index contributed by atoms with van der Waals surface area (Å²) in [5.74, 6) is -0.750. The van der Waals surface area contributed by atoms with Crippen molar-refractivity contribution in [3.63, 3.8) is 0 Å². The Hall–Kier alpha value is -2.94. The molecule has 100 valence electrons. The molecule has 2 rings (SSSR count). The van der Waals surface area contributed by atoms with Crippen LogP contribution in [-0.2, 0) is 0 Å². The highest BCUT2D eigenvalue weighted by Gasteiger charge is 2.11. The van der Waals surface area contributed by atoms with E-state index in [1.807, 2.05) is 6.92 Å². The first-order valence-corrected chi connectivity index (χ1v) is 5.60. The number of aromatic nitrogens is 1. The second kappa shape index (κ2) is 5.80. The Balaban J connectivity index is 2.03. The van der Waals surface area contributed by atoms with E-state index in [1.165, 1.54) is 24.4 Å². The van der Waals surface area contributed by atoms with E-state index in [2.05, 4.69) is 4.98 Å². The lowest BCUT2D eigenvalue weighted by atomic mass is 10.2. The van der Waals surface area contributed by atoms with Gasteiger partial charge in [0.2, 0.25) is 5.88 Å². The molecule has 0 aliphatic carbocycles. The maximum atomic E-state index is 13.3. The standard InChI is InChI=1S/C14H9FN2O3/c1-9-2-5-13(17-8-9)20-14(18)19-11-4-3-10(7-16)12(15)6-11/h2-6,8H,1H3. The normalized spacial score (nSPS) is 9.65. The number of aryl methyl sites for hydroxylation is 1. The summed E-state index contributed by atoms with van der Waals surface area (Å²) < 4.78 is 22.9. The molecule has 0 fully saturated rings. The number of pyridine rings is 1. The molecule has 1 heterocycles. The van der Waals surface area contributed by atoms with Gasteiger partial charge in [0.05, 0.1) is 5.56 Å². The van der Waals surface area contributed by atoms with E-state index in [-0.39, 0.29) is 17.2 Å². The molecule has 0 aliphatic heterocycles. The third kappa shape index (κ3) is 3.29. The Morgan fingerprint density at radius 3 is 2.70 bits per heavy atom. The Morgan fingerprint density at radius 1 is 1.30 bits per heavy atom. The number of benzene rings is 1. The minimum atomic E-state index is -1.04. The maximum absolute atomic E-state index is 13.3. The van der Waals surface area contributed by atoms with Gasteiger partial charge in [0.25, 0.3) is 0 Å². The van der Waals surface area contributed by atoms with E-state index in [1.54, 1.807) is 12.1 Å². The number of hydrogen-bond donors (Lipinski definition) is 0. The Morgan fingerprint density at radius 2 is 2.10 bits per heavy atom. The van der Waals surface area contributed by atoms with Gasteiger partial charge in [-0.1, -0.05) is 6.07 Å². The van der Waals surface area contributed by atoms with Crippen LogP contribution in [0.2, 0.25) is 0 Å². The van der Waals surface area contributed by atoms with Crippen molar-refractivity contribution in [2.75, 3.05) is 0 Å². The fourth-order valence-corrected chi connectivity index (χ4v) is 1.37. The van der Waals surface area contributed by atoms with E-state index < -0.39 is 12.0 Å². The summed E-state index contributed by atoms with van der Waals surface area (Å²) in [5.41, 5.74) is 0.783. The topological polar surface area (TPSA) is 72.2 Å². The lowest BCUT2D eigenvalue weighted by Crippen LogP contribution is -2.14. The molecule has 5 nitrogen and oxygen atoms in total. The van der Waals surface area contributed by atoms with Gasteiger partial charge in [0.1, 0.15) is 17.6 Å². The van der Waals surface area contributed by atoms with E-state index in [0.717, 1.165) is 11.6 Å². The molecule has 0 spiro atoms. The van der Waals surface area contributed by atoms with Crippen molar-refractivity contribution in [1.82, 2.24) is 4.98 Å². The molecule has 0 radical (unpaired) electrons. The molecule has 2 aromatic rings. The van der Waals surface area contributed by atoms with Crippen LogP contribution in [0.25, 0.3) is 0 Å². The van der Waals surface area contributed by atoms with E-state index in [9.17, 15) is 9.18 Å². The van der Waals surface area contributed by atoms with Crippen LogP contribution in [0.3, 0.4) is 0 Å². The molecular weight excluding hydrogens is 263 g/mol. The number of rotatable bonds is 2. The second-order valence-corrected chi connectivity index (χ2v) is 3.88. The summed E-state index contributed by atoms with van der Waals surface area (Å²) in [7, 11) is 0. The third-order valence-corrected chi connectivity index (χ3v) is 2.33. The van der Waals surface area contributed by atoms with Crippen LogP contribution in [0.15, 0.2) is 36.5 Å². The number of carbonyl (C=O) groups is 1. The van der Waals surface area contributed by atoms with Gasteiger partial charge in [-0.25, -0.2) is 14.2 Å². The Labute approximate surface area is 114 Å². The van der Waals surface area contributed by atoms with Gasteiger partial charge >= 0.3 is 6.16 Å². The quantitative estimate of drug-likeness (QED) is 0.620. The predicted molar refractivity (Wildman–Crippen MR) is 66.7 cm³/mol. The Bertz CT molecular complexity index is 678. The lowest BCUT2D eigenvalue weighted by molar-refractivity contribution is 0.150. The highest BCUT2D eigenvalue weighted by atomic mass is 19.1. The third-order valence-electron chi connectivity index (χ3n) is 2.33. The summed E-state index contributed by atoms with van der Waals surface area (Å²) in [4.78, 5) is 15.3. The minimum absolute atomic E-state index is 0.0568. The SMILES string of the molecule is Cc1ccc(OC(=O)Oc2ccc(C#N)c(F)c2)nc1. The van der Waals surface area contributed by atoms with Crippen molar-refractivity contribution >= 4 is 6.16 Å². The second-order valence-electron chi connectivity index (χ2n) is 3.88. The van der Waals surface area contributed by atoms with Crippen molar-refractivity contribution in [3.8, 4) is 17.7 Å². The molecule has 1 aromatic heterocycles. The Kier molecular flexibility index (Phi) is 3.91. The number of halogens is 1. The molecule has 0 saturated carbocycles. The smallest absolute Gasteiger partial charge is 0.395 e. The summed E-state index contributed by atoms with van der Waals surface area (Å²) in [6.45, 7) is 1.84. The summed E-state index contributed by atoms with van der Waals surface area (Å²) in [6.07, 6.45) is 0.495. The van der Waals surface area contributed by atoms with Gasteiger partial charge < -0.3 is 9.47 Å². The zero-order chi connectivity index (χ0) is 14.5. The van der Waals surface area contributed by atoms with Crippen molar-refractivity contribution in [1.29, 1.82) is 5.26 Å². The summed E-state index contributed by atoms with van der Waals surface area (Å²) in [5, 5.41) is 8.58. The first-order chi connectivity index (χ1) is 9.58. The van der Waals surface area contributed by atoms with Crippen LogP contribution in [0.1, 0.15) is 11.1 Å². The molecule has 6 heteroatoms. The van der Waals surface area contributed by atoms with Crippen LogP contribution in [-0.4, -0.2) is 11.1 Å². The lowest BCUT2D eigenvalue weighted by Gasteiger charge is -2.05. The molecule has 20 heavy (non-hydrogen) atoms. The van der Waals surface area contributed by atoms with E-state index in [4.69, 9.17) is 14.7 Å². The number of nitrogens with zero attached hydrogens (tertiary/aromatic N) is 2. The van der Waals surface area contributed by atoms with E-state index >= 15 is 0 Å². The van der Waals surface area contributed by atoms with Crippen LogP contribution < -0.4 is 9.47 Å². The largest absolute Gasteiger partial charge is 0.520 e. The highest BCUT2D eigenvalue weighted by Crippen LogP contribution is 2.17. The van der Waals surface area contributed by atoms with Gasteiger partial charge in [-0.05, 0) is 24.6 Å². The molecule has 0 bridgehead atoms. The monoisotopic (exact) mass is 272 g/mol. The zero-order valence-corrected chi connectivity index (χ0v) is 10.5. The fraction of sp³-hybridized carbons (Fsp3) is 0.0714. The molecule has 1 aromatic carbocycles. The fourth-order valence-electron chi connectivity index (χ4n) is 1.37. The number of hydrogen-bond acceptors (Lipinski definition) is 5. The van der Waals surface area contributed by atoms with Crippen LogP contribution >= 0.6 is 0 Å². The zero-order valence-electron chi connectivity index (χ0n) is 10.5. The predicted octanol–water partition coefficient (Wildman–Crippen LogP) is 2.98. The maximum Gasteiger partial charge on any atom is 0.520 e. The van der Waals surface area contributed by atoms with Crippen LogP contribution in [0.5, 0.6) is 11.6 Å². The van der Waals surface area contributed by atoms with Crippen LogP contribution in [0, 0.1) is 24.1 Å². The summed E-state index contributed by atoms with van der Waals surface area (Å²) in [6, 6.07) is 8.33. The first-order valence-electron chi connectivity index (χ1n) is 5.60. The molecule has 0 atom stereocenters. The van der Waals surface area contributed by atoms with Crippen LogP contribution in [0.4, 0.5) is 9.18 Å². The molecule has 0 N–H and O–H groups in total. The van der Waals surface area contributed by atoms with Gasteiger partial charge in [-0.15, -0.1) is 0 Å². The van der Waals surface area contributed by atoms with Gasteiger partial charge in [0, 0.05) is 18.3 Å². The van der Waals surface area contributed by atoms with Crippen molar-refractivity contribution in [2.45, 2.75) is 6.92 Å². The number of ether oxygens (including phenoxy) is 2. The van der Waals surface area contributed by atoms with Gasteiger partial charge in [-0.3, -0.25) is 0 Å². The first kappa shape index (κ1) is 13.5. The number of nitriles is 1. The highest BCUT2D eigenvalue weighted by molar-refractivity contribution is 5.66. The minimum Gasteiger partial charge on any atom is -0.395 e. The van der Waals surface area contributed by atoms with Crippen molar-refractivity contribution < 1.29 is 18.7 Å².